The summed E-state index contributed by atoms with van der Waals surface area (Å²) in [5.41, 5.74) is 2.15. The first kappa shape index (κ1) is 19.5. The Morgan fingerprint density at radius 1 is 0.833 bits per heavy atom. The number of benzene rings is 3. The van der Waals surface area contributed by atoms with Gasteiger partial charge in [-0.1, -0.05) is 17.9 Å². The van der Waals surface area contributed by atoms with E-state index in [-0.39, 0.29) is 10.8 Å². The van der Waals surface area contributed by atoms with E-state index in [4.69, 9.17) is 4.74 Å². The van der Waals surface area contributed by atoms with Crippen molar-refractivity contribution in [1.29, 1.82) is 0 Å². The van der Waals surface area contributed by atoms with E-state index in [0.29, 0.717) is 23.7 Å². The van der Waals surface area contributed by atoms with Gasteiger partial charge in [-0.25, -0.2) is 23.1 Å². The van der Waals surface area contributed by atoms with Gasteiger partial charge in [0.25, 0.3) is 0 Å². The van der Waals surface area contributed by atoms with Crippen molar-refractivity contribution in [3.8, 4) is 29.0 Å². The number of aromatic nitrogens is 2. The van der Waals surface area contributed by atoms with E-state index >= 15 is 0 Å². The third-order valence-electron chi connectivity index (χ3n) is 4.41. The zero-order chi connectivity index (χ0) is 21.1. The zero-order valence-corrected chi connectivity index (χ0v) is 15.9. The molecule has 0 aliphatic carbocycles. The van der Waals surface area contributed by atoms with Gasteiger partial charge >= 0.3 is 0 Å². The van der Waals surface area contributed by atoms with Gasteiger partial charge in [0.15, 0.2) is 29.0 Å². The lowest BCUT2D eigenvalue weighted by atomic mass is 10.1. The number of ether oxygens (including phenoxy) is 1. The first-order valence-electron chi connectivity index (χ1n) is 9.19. The Bertz CT molecular complexity index is 1270. The minimum Gasteiger partial charge on any atom is -0.491 e. The molecule has 0 bridgehead atoms. The Kier molecular flexibility index (Phi) is 5.36. The maximum atomic E-state index is 13.8. The van der Waals surface area contributed by atoms with E-state index in [0.717, 1.165) is 17.2 Å². The van der Waals surface area contributed by atoms with Crippen molar-refractivity contribution in [1.82, 2.24) is 9.97 Å². The summed E-state index contributed by atoms with van der Waals surface area (Å²) in [7, 11) is 0. The van der Waals surface area contributed by atoms with Gasteiger partial charge in [-0.15, -0.1) is 0 Å². The largest absolute Gasteiger partial charge is 0.491 e. The van der Waals surface area contributed by atoms with Gasteiger partial charge in [-0.3, -0.25) is 0 Å². The van der Waals surface area contributed by atoms with Crippen molar-refractivity contribution in [3.05, 3.63) is 89.5 Å². The Hall–Kier alpha value is -3.85. The van der Waals surface area contributed by atoms with Crippen LogP contribution in [0.2, 0.25) is 0 Å². The van der Waals surface area contributed by atoms with Crippen LogP contribution in [0.15, 0.2) is 60.9 Å². The van der Waals surface area contributed by atoms with Crippen molar-refractivity contribution in [2.75, 3.05) is 6.61 Å². The fourth-order valence-electron chi connectivity index (χ4n) is 2.94. The second kappa shape index (κ2) is 8.26. The van der Waals surface area contributed by atoms with Crippen LogP contribution in [0.1, 0.15) is 18.1 Å². The highest BCUT2D eigenvalue weighted by atomic mass is 19.2. The average molecular weight is 404 g/mol. The highest BCUT2D eigenvalue weighted by Crippen LogP contribution is 2.24. The molecule has 148 valence electrons. The molecule has 0 unspecified atom stereocenters. The normalized spacial score (nSPS) is 10.5. The predicted octanol–water partition coefficient (Wildman–Crippen LogP) is 5.51. The second-order valence-corrected chi connectivity index (χ2v) is 6.43. The summed E-state index contributed by atoms with van der Waals surface area (Å²) in [6.45, 7) is 2.44. The first-order chi connectivity index (χ1) is 14.5. The third kappa shape index (κ3) is 3.96. The molecule has 30 heavy (non-hydrogen) atoms. The molecule has 0 spiro atoms. The number of halogens is 3. The zero-order valence-electron chi connectivity index (χ0n) is 15.9. The molecule has 1 aromatic heterocycles. The molecule has 0 aliphatic heterocycles. The Balaban J connectivity index is 1.56. The lowest BCUT2D eigenvalue weighted by molar-refractivity contribution is 0.337. The number of hydrogen-bond acceptors (Lipinski definition) is 3. The first-order valence-corrected chi connectivity index (χ1v) is 9.19. The number of fused-ring (bicyclic) bond motifs is 1. The van der Waals surface area contributed by atoms with Crippen molar-refractivity contribution >= 4 is 10.8 Å². The average Bonchev–Trinajstić information content (AvgIpc) is 2.77. The van der Waals surface area contributed by atoms with E-state index in [9.17, 15) is 13.2 Å². The van der Waals surface area contributed by atoms with Gasteiger partial charge in [0, 0.05) is 22.1 Å². The molecule has 1 heterocycles. The van der Waals surface area contributed by atoms with Crippen LogP contribution in [0.5, 0.6) is 5.75 Å². The molecule has 3 aromatic carbocycles. The molecule has 4 rings (SSSR count). The van der Waals surface area contributed by atoms with Crippen LogP contribution in [0.25, 0.3) is 22.2 Å². The molecule has 0 amide bonds. The van der Waals surface area contributed by atoms with Crippen LogP contribution in [-0.4, -0.2) is 16.6 Å². The topological polar surface area (TPSA) is 35.0 Å². The highest BCUT2D eigenvalue weighted by molar-refractivity contribution is 5.84. The maximum absolute atomic E-state index is 13.8. The summed E-state index contributed by atoms with van der Waals surface area (Å²) in [6, 6.07) is 12.8. The number of nitrogens with zero attached hydrogens (tertiary/aromatic N) is 2. The molecule has 3 nitrogen and oxygen atoms in total. The second-order valence-electron chi connectivity index (χ2n) is 6.43. The fourth-order valence-corrected chi connectivity index (χ4v) is 2.94. The van der Waals surface area contributed by atoms with Crippen molar-refractivity contribution < 1.29 is 17.9 Å². The van der Waals surface area contributed by atoms with Gasteiger partial charge in [0.05, 0.1) is 19.0 Å². The van der Waals surface area contributed by atoms with Crippen LogP contribution in [-0.2, 0) is 0 Å². The summed E-state index contributed by atoms with van der Waals surface area (Å²) >= 11 is 0. The van der Waals surface area contributed by atoms with Crippen LogP contribution >= 0.6 is 0 Å². The van der Waals surface area contributed by atoms with Crippen molar-refractivity contribution in [2.24, 2.45) is 0 Å². The lowest BCUT2D eigenvalue weighted by Crippen LogP contribution is -1.95. The van der Waals surface area contributed by atoms with Gasteiger partial charge in [0.1, 0.15) is 0 Å². The minimum absolute atomic E-state index is 0.0131. The summed E-state index contributed by atoms with van der Waals surface area (Å²) in [4.78, 5) is 8.56. The smallest absolute Gasteiger partial charge is 0.195 e. The van der Waals surface area contributed by atoms with Crippen molar-refractivity contribution in [3.63, 3.8) is 0 Å². The highest BCUT2D eigenvalue weighted by Gasteiger charge is 2.13. The van der Waals surface area contributed by atoms with E-state index in [1.54, 1.807) is 18.5 Å². The standard InChI is InChI=1S/C24H15F3N2O/c1-2-30-19-13-28-24(29-14-19)17-8-5-15(6-9-17)3-4-16-7-10-20-18(11-16)12-21(25)23(27)22(20)26/h5-14H,2H2,1H3. The lowest BCUT2D eigenvalue weighted by Gasteiger charge is -2.03. The van der Waals surface area contributed by atoms with Gasteiger partial charge < -0.3 is 4.74 Å². The molecule has 0 aliphatic rings. The van der Waals surface area contributed by atoms with Crippen molar-refractivity contribution in [2.45, 2.75) is 6.92 Å². The summed E-state index contributed by atoms with van der Waals surface area (Å²) in [5, 5.41) is 0.264. The van der Waals surface area contributed by atoms with Gasteiger partial charge in [0.2, 0.25) is 0 Å². The van der Waals surface area contributed by atoms with Gasteiger partial charge in [-0.05, 0) is 54.8 Å². The third-order valence-corrected chi connectivity index (χ3v) is 4.41. The van der Waals surface area contributed by atoms with Crippen LogP contribution in [0.3, 0.4) is 0 Å². The van der Waals surface area contributed by atoms with Gasteiger partial charge in [-0.2, -0.15) is 0 Å². The SMILES string of the molecule is CCOc1cnc(-c2ccc(C#Cc3ccc4c(F)c(F)c(F)cc4c3)cc2)nc1. The molecule has 0 fully saturated rings. The summed E-state index contributed by atoms with van der Waals surface area (Å²) in [6.07, 6.45) is 3.24. The Labute approximate surface area is 171 Å². The number of hydrogen-bond donors (Lipinski definition) is 0. The summed E-state index contributed by atoms with van der Waals surface area (Å²) in [5.74, 6) is 3.24. The van der Waals surface area contributed by atoms with E-state index < -0.39 is 17.5 Å². The van der Waals surface area contributed by atoms with E-state index in [2.05, 4.69) is 21.8 Å². The van der Waals surface area contributed by atoms with Crippen LogP contribution in [0, 0.1) is 29.3 Å². The Morgan fingerprint density at radius 3 is 2.20 bits per heavy atom. The minimum atomic E-state index is -1.47. The molecule has 0 saturated heterocycles. The van der Waals surface area contributed by atoms with Crippen LogP contribution in [0.4, 0.5) is 13.2 Å². The fraction of sp³-hybridized carbons (Fsp3) is 0.0833. The Morgan fingerprint density at radius 2 is 1.50 bits per heavy atom. The number of rotatable bonds is 3. The van der Waals surface area contributed by atoms with Crippen LogP contribution < -0.4 is 4.74 Å². The molecule has 6 heteroatoms. The summed E-state index contributed by atoms with van der Waals surface area (Å²) < 4.78 is 46.0. The molecule has 0 atom stereocenters. The molecular formula is C24H15F3N2O. The van der Waals surface area contributed by atoms with E-state index in [1.807, 2.05) is 31.2 Å². The molecule has 0 radical (unpaired) electrons. The monoisotopic (exact) mass is 404 g/mol. The molecule has 0 saturated carbocycles. The molecule has 4 aromatic rings. The molecular weight excluding hydrogens is 389 g/mol. The maximum Gasteiger partial charge on any atom is 0.195 e. The van der Waals surface area contributed by atoms with E-state index in [1.165, 1.54) is 12.1 Å². The quantitative estimate of drug-likeness (QED) is 0.334. The molecule has 0 N–H and O–H groups in total. The predicted molar refractivity (Wildman–Crippen MR) is 108 cm³/mol.